The molecule has 37 heavy (non-hydrogen) atoms. The van der Waals surface area contributed by atoms with E-state index in [0.29, 0.717) is 40.3 Å². The van der Waals surface area contributed by atoms with Gasteiger partial charge in [0.25, 0.3) is 11.8 Å². The van der Waals surface area contributed by atoms with Crippen molar-refractivity contribution in [3.8, 4) is 11.1 Å². The molecule has 3 heterocycles. The summed E-state index contributed by atoms with van der Waals surface area (Å²) in [5.41, 5.74) is 4.90. The first-order chi connectivity index (χ1) is 17.9. The highest BCUT2D eigenvalue weighted by Gasteiger charge is 2.27. The average Bonchev–Trinajstić information content (AvgIpc) is 3.39. The summed E-state index contributed by atoms with van der Waals surface area (Å²) in [5.74, 6) is -0.872. The lowest BCUT2D eigenvalue weighted by Crippen LogP contribution is -2.45. The Morgan fingerprint density at radius 1 is 1.11 bits per heavy atom. The Kier molecular flexibility index (Phi) is 7.21. The van der Waals surface area contributed by atoms with Crippen LogP contribution in [0.2, 0.25) is 0 Å². The number of benzene rings is 2. The van der Waals surface area contributed by atoms with Crippen molar-refractivity contribution in [2.24, 2.45) is 0 Å². The fourth-order valence-electron chi connectivity index (χ4n) is 5.06. The number of likely N-dealkylation sites (N-methyl/N-ethyl adjacent to an activating group) is 1. The molecule has 1 fully saturated rings. The molecule has 192 valence electrons. The summed E-state index contributed by atoms with van der Waals surface area (Å²) in [5, 5.41) is 5.88. The van der Waals surface area contributed by atoms with Crippen LogP contribution in [0.1, 0.15) is 33.7 Å². The molecule has 3 aromatic rings. The first-order valence-corrected chi connectivity index (χ1v) is 12.7. The molecule has 0 radical (unpaired) electrons. The number of anilines is 1. The predicted octanol–water partition coefficient (Wildman–Crippen LogP) is 3.99. The van der Waals surface area contributed by atoms with E-state index in [4.69, 9.17) is 0 Å². The Morgan fingerprint density at radius 3 is 2.62 bits per heavy atom. The first-order valence-electron chi connectivity index (χ1n) is 12.7. The van der Waals surface area contributed by atoms with Crippen molar-refractivity contribution in [2.75, 3.05) is 51.6 Å². The van der Waals surface area contributed by atoms with Crippen LogP contribution in [0, 0.1) is 12.7 Å². The quantitative estimate of drug-likeness (QED) is 0.338. The topological polar surface area (TPSA) is 80.5 Å². The number of carbonyl (C=O) groups is 2. The molecule has 8 heteroatoms. The molecule has 2 aromatic carbocycles. The lowest BCUT2D eigenvalue weighted by atomic mass is 9.97. The number of H-pyrrole nitrogens is 1. The number of carbonyl (C=O) groups excluding carboxylic acids is 2. The Labute approximate surface area is 216 Å². The van der Waals surface area contributed by atoms with Crippen LogP contribution >= 0.6 is 0 Å². The summed E-state index contributed by atoms with van der Waals surface area (Å²) in [6, 6.07) is 13.9. The number of hydrogen-bond donors (Lipinski definition) is 3. The summed E-state index contributed by atoms with van der Waals surface area (Å²) in [7, 11) is 2.14. The smallest absolute Gasteiger partial charge is 0.256 e. The van der Waals surface area contributed by atoms with Crippen molar-refractivity contribution >= 4 is 29.2 Å². The summed E-state index contributed by atoms with van der Waals surface area (Å²) in [4.78, 5) is 34.2. The number of aryl methyl sites for hydroxylation is 1. The van der Waals surface area contributed by atoms with Crippen LogP contribution in [0.3, 0.4) is 0 Å². The van der Waals surface area contributed by atoms with Gasteiger partial charge in [-0.15, -0.1) is 0 Å². The number of amides is 2. The van der Waals surface area contributed by atoms with E-state index in [1.165, 1.54) is 12.1 Å². The minimum atomic E-state index is -0.413. The van der Waals surface area contributed by atoms with Gasteiger partial charge >= 0.3 is 0 Å². The molecule has 5 rings (SSSR count). The van der Waals surface area contributed by atoms with Gasteiger partial charge in [0.15, 0.2) is 0 Å². The molecule has 0 spiro atoms. The SMILES string of the molecule is Cc1[nH]c(/C=C2\C(=O)Nc3ccc(F)cc32)c(-c2ccccc2)c1C(=O)NCCCN1CCN(C)CC1. The molecule has 7 nitrogen and oxygen atoms in total. The zero-order valence-corrected chi connectivity index (χ0v) is 21.2. The van der Waals surface area contributed by atoms with Crippen LogP contribution in [-0.4, -0.2) is 72.9 Å². The standard InChI is InChI=1S/C29H32FN5O2/c1-19-26(29(37)31-11-6-12-35-15-13-34(2)14-16-35)27(20-7-4-3-5-8-20)25(32-19)18-23-22-17-21(30)9-10-24(22)33-28(23)36/h3-5,7-10,17-18,32H,6,11-16H2,1-2H3,(H,31,37)(H,33,36)/b23-18-. The number of nitrogens with zero attached hydrogens (tertiary/aromatic N) is 2. The molecule has 2 amide bonds. The van der Waals surface area contributed by atoms with Crippen molar-refractivity contribution in [1.82, 2.24) is 20.1 Å². The van der Waals surface area contributed by atoms with Crippen molar-refractivity contribution in [3.05, 3.63) is 76.9 Å². The second kappa shape index (κ2) is 10.7. The van der Waals surface area contributed by atoms with Crippen LogP contribution in [0.15, 0.2) is 48.5 Å². The molecule has 1 saturated heterocycles. The van der Waals surface area contributed by atoms with Gasteiger partial charge in [0.2, 0.25) is 0 Å². The maximum absolute atomic E-state index is 14.0. The van der Waals surface area contributed by atoms with Crippen LogP contribution in [0.25, 0.3) is 22.8 Å². The number of rotatable bonds is 7. The Morgan fingerprint density at radius 2 is 1.86 bits per heavy atom. The highest BCUT2D eigenvalue weighted by atomic mass is 19.1. The normalized spacial score (nSPS) is 17.2. The van der Waals surface area contributed by atoms with Gasteiger partial charge in [-0.1, -0.05) is 30.3 Å². The number of aromatic amines is 1. The molecular formula is C29H32FN5O2. The number of nitrogens with one attached hydrogen (secondary N) is 3. The van der Waals surface area contributed by atoms with Gasteiger partial charge < -0.3 is 25.4 Å². The van der Waals surface area contributed by atoms with Crippen LogP contribution in [-0.2, 0) is 4.79 Å². The summed E-state index contributed by atoms with van der Waals surface area (Å²) < 4.78 is 14.0. The lowest BCUT2D eigenvalue weighted by molar-refractivity contribution is -0.110. The minimum absolute atomic E-state index is 0.155. The molecule has 3 N–H and O–H groups in total. The lowest BCUT2D eigenvalue weighted by Gasteiger charge is -2.32. The molecule has 2 aliphatic heterocycles. The minimum Gasteiger partial charge on any atom is -0.358 e. The second-order valence-corrected chi connectivity index (χ2v) is 9.74. The van der Waals surface area contributed by atoms with Gasteiger partial charge in [0.05, 0.1) is 11.1 Å². The maximum Gasteiger partial charge on any atom is 0.256 e. The van der Waals surface area contributed by atoms with Gasteiger partial charge in [0.1, 0.15) is 5.82 Å². The highest BCUT2D eigenvalue weighted by molar-refractivity contribution is 6.35. The third-order valence-electron chi connectivity index (χ3n) is 7.09. The van der Waals surface area contributed by atoms with E-state index < -0.39 is 5.82 Å². The Hall–Kier alpha value is -3.75. The summed E-state index contributed by atoms with van der Waals surface area (Å²) >= 11 is 0. The van der Waals surface area contributed by atoms with E-state index in [1.807, 2.05) is 37.3 Å². The van der Waals surface area contributed by atoms with Crippen molar-refractivity contribution in [1.29, 1.82) is 0 Å². The third kappa shape index (κ3) is 5.35. The van der Waals surface area contributed by atoms with Gasteiger partial charge in [-0.05, 0) is 56.8 Å². The largest absolute Gasteiger partial charge is 0.358 e. The molecule has 0 aliphatic carbocycles. The van der Waals surface area contributed by atoms with E-state index in [-0.39, 0.29) is 11.8 Å². The van der Waals surface area contributed by atoms with E-state index in [1.54, 1.807) is 12.1 Å². The number of fused-ring (bicyclic) bond motifs is 1. The number of halogens is 1. The Bertz CT molecular complexity index is 1340. The number of hydrogen-bond acceptors (Lipinski definition) is 4. The van der Waals surface area contributed by atoms with E-state index in [2.05, 4.69) is 32.5 Å². The van der Waals surface area contributed by atoms with Crippen LogP contribution < -0.4 is 10.6 Å². The first kappa shape index (κ1) is 24.9. The van der Waals surface area contributed by atoms with Crippen molar-refractivity contribution in [3.63, 3.8) is 0 Å². The van der Waals surface area contributed by atoms with Crippen molar-refractivity contribution in [2.45, 2.75) is 13.3 Å². The fraction of sp³-hybridized carbons (Fsp3) is 0.310. The molecule has 0 unspecified atom stereocenters. The van der Waals surface area contributed by atoms with E-state index in [9.17, 15) is 14.0 Å². The van der Waals surface area contributed by atoms with Crippen LogP contribution in [0.4, 0.5) is 10.1 Å². The molecule has 0 atom stereocenters. The average molecular weight is 502 g/mol. The van der Waals surface area contributed by atoms with Crippen LogP contribution in [0.5, 0.6) is 0 Å². The Balaban J connectivity index is 1.41. The zero-order chi connectivity index (χ0) is 25.9. The summed E-state index contributed by atoms with van der Waals surface area (Å²) in [6.45, 7) is 7.64. The maximum atomic E-state index is 14.0. The number of aromatic nitrogens is 1. The predicted molar refractivity (Wildman–Crippen MR) is 145 cm³/mol. The van der Waals surface area contributed by atoms with Gasteiger partial charge in [-0.25, -0.2) is 4.39 Å². The molecular weight excluding hydrogens is 469 g/mol. The number of piperazine rings is 1. The van der Waals surface area contributed by atoms with E-state index >= 15 is 0 Å². The molecule has 2 aliphatic rings. The zero-order valence-electron chi connectivity index (χ0n) is 21.2. The van der Waals surface area contributed by atoms with E-state index in [0.717, 1.165) is 50.3 Å². The van der Waals surface area contributed by atoms with Gasteiger partial charge in [-0.2, -0.15) is 0 Å². The monoisotopic (exact) mass is 501 g/mol. The van der Waals surface area contributed by atoms with Gasteiger partial charge in [0, 0.05) is 60.9 Å². The highest BCUT2D eigenvalue weighted by Crippen LogP contribution is 2.37. The molecule has 0 bridgehead atoms. The molecule has 0 saturated carbocycles. The molecule has 1 aromatic heterocycles. The third-order valence-corrected chi connectivity index (χ3v) is 7.09. The van der Waals surface area contributed by atoms with Gasteiger partial charge in [-0.3, -0.25) is 9.59 Å². The second-order valence-electron chi connectivity index (χ2n) is 9.74. The fourth-order valence-corrected chi connectivity index (χ4v) is 5.06. The summed E-state index contributed by atoms with van der Waals surface area (Å²) in [6.07, 6.45) is 2.58. The van der Waals surface area contributed by atoms with Crippen molar-refractivity contribution < 1.29 is 14.0 Å².